The first-order valence-electron chi connectivity index (χ1n) is 6.86. The van der Waals surface area contributed by atoms with Crippen LogP contribution in [0, 0.1) is 0 Å². The number of ether oxygens (including phenoxy) is 3. The third kappa shape index (κ3) is 2.67. The predicted octanol–water partition coefficient (Wildman–Crippen LogP) is 3.09. The molecule has 1 aliphatic heterocycles. The minimum Gasteiger partial charge on any atom is -0.508 e. The van der Waals surface area contributed by atoms with Crippen LogP contribution >= 0.6 is 0 Å². The van der Waals surface area contributed by atoms with Gasteiger partial charge in [0.25, 0.3) is 0 Å². The van der Waals surface area contributed by atoms with Crippen LogP contribution in [-0.2, 0) is 11.2 Å². The number of aromatic hydroxyl groups is 1. The Balaban J connectivity index is 1.92. The topological polar surface area (TPSA) is 47.9 Å². The summed E-state index contributed by atoms with van der Waals surface area (Å²) in [4.78, 5) is 0. The minimum absolute atomic E-state index is 0.0901. The van der Waals surface area contributed by atoms with Crippen LogP contribution in [0.5, 0.6) is 17.2 Å². The van der Waals surface area contributed by atoms with E-state index in [2.05, 4.69) is 0 Å². The fraction of sp³-hybridized carbons (Fsp3) is 0.294. The number of hydrogen-bond donors (Lipinski definition) is 1. The molecule has 2 aromatic rings. The lowest BCUT2D eigenvalue weighted by Crippen LogP contribution is -2.32. The Bertz CT molecular complexity index is 621. The molecule has 1 aliphatic rings. The molecule has 4 nitrogen and oxygen atoms in total. The highest BCUT2D eigenvalue weighted by Gasteiger charge is 2.31. The Kier molecular flexibility index (Phi) is 3.71. The summed E-state index contributed by atoms with van der Waals surface area (Å²) in [5, 5.41) is 9.58. The van der Waals surface area contributed by atoms with Gasteiger partial charge in [0.05, 0.1) is 7.11 Å². The average Bonchev–Trinajstić information content (AvgIpc) is 2.53. The number of benzene rings is 2. The van der Waals surface area contributed by atoms with Crippen molar-refractivity contribution >= 4 is 0 Å². The molecule has 0 bridgehead atoms. The molecule has 1 heterocycles. The summed E-state index contributed by atoms with van der Waals surface area (Å²) in [6.07, 6.45) is 0.447. The van der Waals surface area contributed by atoms with E-state index >= 15 is 0 Å². The SMILES string of the molecule is COc1ccc(C2Oc3ccc(O)cc3CC2OC)cc1. The van der Waals surface area contributed by atoms with E-state index in [1.54, 1.807) is 32.4 Å². The van der Waals surface area contributed by atoms with Gasteiger partial charge in [-0.25, -0.2) is 0 Å². The lowest BCUT2D eigenvalue weighted by atomic mass is 9.94. The first kappa shape index (κ1) is 13.8. The van der Waals surface area contributed by atoms with Crippen LogP contribution in [0.15, 0.2) is 42.5 Å². The Morgan fingerprint density at radius 1 is 1.10 bits per heavy atom. The Morgan fingerprint density at radius 3 is 2.52 bits per heavy atom. The second kappa shape index (κ2) is 5.66. The molecule has 0 aliphatic carbocycles. The van der Waals surface area contributed by atoms with Crippen molar-refractivity contribution in [1.82, 2.24) is 0 Å². The number of methoxy groups -OCH3 is 2. The van der Waals surface area contributed by atoms with Crippen LogP contribution in [-0.4, -0.2) is 25.4 Å². The van der Waals surface area contributed by atoms with Gasteiger partial charge >= 0.3 is 0 Å². The van der Waals surface area contributed by atoms with Crippen LogP contribution < -0.4 is 9.47 Å². The van der Waals surface area contributed by atoms with Gasteiger partial charge in [0.15, 0.2) is 6.10 Å². The maximum absolute atomic E-state index is 9.58. The quantitative estimate of drug-likeness (QED) is 0.942. The third-order valence-corrected chi connectivity index (χ3v) is 3.80. The van der Waals surface area contributed by atoms with Gasteiger partial charge in [-0.3, -0.25) is 0 Å². The average molecular weight is 286 g/mol. The summed E-state index contributed by atoms with van der Waals surface area (Å²) in [6.45, 7) is 0. The zero-order chi connectivity index (χ0) is 14.8. The van der Waals surface area contributed by atoms with E-state index in [4.69, 9.17) is 14.2 Å². The number of rotatable bonds is 3. The van der Waals surface area contributed by atoms with Crippen LogP contribution in [0.4, 0.5) is 0 Å². The molecular weight excluding hydrogens is 268 g/mol. The third-order valence-electron chi connectivity index (χ3n) is 3.80. The van der Waals surface area contributed by atoms with Crippen molar-refractivity contribution in [3.05, 3.63) is 53.6 Å². The molecule has 3 rings (SSSR count). The molecular formula is C17H18O4. The standard InChI is InChI=1S/C17H18O4/c1-19-14-6-3-11(4-7-14)17-16(20-2)10-12-9-13(18)5-8-15(12)21-17/h3-9,16-18H,10H2,1-2H3. The van der Waals surface area contributed by atoms with E-state index in [0.717, 1.165) is 22.6 Å². The van der Waals surface area contributed by atoms with Gasteiger partial charge in [0.1, 0.15) is 23.4 Å². The first-order valence-corrected chi connectivity index (χ1v) is 6.86. The van der Waals surface area contributed by atoms with E-state index < -0.39 is 0 Å². The molecule has 2 atom stereocenters. The van der Waals surface area contributed by atoms with Gasteiger partial charge in [0.2, 0.25) is 0 Å². The molecule has 0 spiro atoms. The van der Waals surface area contributed by atoms with Crippen molar-refractivity contribution in [3.8, 4) is 17.2 Å². The molecule has 0 radical (unpaired) electrons. The normalized spacial score (nSPS) is 20.5. The van der Waals surface area contributed by atoms with Gasteiger partial charge in [-0.05, 0) is 35.9 Å². The van der Waals surface area contributed by atoms with Crippen molar-refractivity contribution in [1.29, 1.82) is 0 Å². The van der Waals surface area contributed by atoms with Crippen molar-refractivity contribution in [3.63, 3.8) is 0 Å². The second-order valence-corrected chi connectivity index (χ2v) is 5.08. The molecule has 4 heteroatoms. The molecule has 110 valence electrons. The highest BCUT2D eigenvalue weighted by molar-refractivity contribution is 5.43. The highest BCUT2D eigenvalue weighted by atomic mass is 16.5. The maximum Gasteiger partial charge on any atom is 0.150 e. The van der Waals surface area contributed by atoms with E-state index in [1.807, 2.05) is 24.3 Å². The Hall–Kier alpha value is -2.20. The van der Waals surface area contributed by atoms with E-state index in [9.17, 15) is 5.11 Å². The Labute approximate surface area is 123 Å². The number of phenols is 1. The smallest absolute Gasteiger partial charge is 0.150 e. The fourth-order valence-electron chi connectivity index (χ4n) is 2.66. The molecule has 1 N–H and O–H groups in total. The van der Waals surface area contributed by atoms with Crippen LogP contribution in [0.1, 0.15) is 17.2 Å². The van der Waals surface area contributed by atoms with Gasteiger partial charge in [-0.2, -0.15) is 0 Å². The van der Waals surface area contributed by atoms with Crippen LogP contribution in [0.25, 0.3) is 0 Å². The van der Waals surface area contributed by atoms with E-state index in [0.29, 0.717) is 6.42 Å². The highest BCUT2D eigenvalue weighted by Crippen LogP contribution is 2.38. The molecule has 0 aromatic heterocycles. The van der Waals surface area contributed by atoms with Gasteiger partial charge in [-0.15, -0.1) is 0 Å². The van der Waals surface area contributed by atoms with Crippen molar-refractivity contribution < 1.29 is 19.3 Å². The Morgan fingerprint density at radius 2 is 1.86 bits per heavy atom. The lowest BCUT2D eigenvalue weighted by molar-refractivity contribution is -0.0114. The minimum atomic E-state index is -0.169. The summed E-state index contributed by atoms with van der Waals surface area (Å²) in [5.41, 5.74) is 2.01. The largest absolute Gasteiger partial charge is 0.508 e. The number of hydrogen-bond acceptors (Lipinski definition) is 4. The summed E-state index contributed by atoms with van der Waals surface area (Å²) in [6, 6.07) is 13.0. The van der Waals surface area contributed by atoms with Gasteiger partial charge in [-0.1, -0.05) is 12.1 Å². The lowest BCUT2D eigenvalue weighted by Gasteiger charge is -2.33. The van der Waals surface area contributed by atoms with Gasteiger partial charge < -0.3 is 19.3 Å². The predicted molar refractivity (Wildman–Crippen MR) is 79.0 cm³/mol. The number of fused-ring (bicyclic) bond motifs is 1. The summed E-state index contributed by atoms with van der Waals surface area (Å²) < 4.78 is 16.8. The maximum atomic E-state index is 9.58. The van der Waals surface area contributed by atoms with Crippen molar-refractivity contribution in [2.45, 2.75) is 18.6 Å². The molecule has 0 amide bonds. The fourth-order valence-corrected chi connectivity index (χ4v) is 2.66. The van der Waals surface area contributed by atoms with Crippen molar-refractivity contribution in [2.75, 3.05) is 14.2 Å². The number of phenolic OH excluding ortho intramolecular Hbond substituents is 1. The van der Waals surface area contributed by atoms with Crippen LogP contribution in [0.2, 0.25) is 0 Å². The van der Waals surface area contributed by atoms with Crippen LogP contribution in [0.3, 0.4) is 0 Å². The molecule has 0 saturated heterocycles. The molecule has 2 unspecified atom stereocenters. The first-order chi connectivity index (χ1) is 10.2. The molecule has 0 fully saturated rings. The summed E-state index contributed by atoms with van der Waals surface area (Å²) in [5.74, 6) is 1.85. The molecule has 0 saturated carbocycles. The van der Waals surface area contributed by atoms with Crippen molar-refractivity contribution in [2.24, 2.45) is 0 Å². The summed E-state index contributed by atoms with van der Waals surface area (Å²) >= 11 is 0. The molecule has 2 aromatic carbocycles. The van der Waals surface area contributed by atoms with E-state index in [1.165, 1.54) is 0 Å². The monoisotopic (exact) mass is 286 g/mol. The zero-order valence-electron chi connectivity index (χ0n) is 12.1. The summed E-state index contributed by atoms with van der Waals surface area (Å²) in [7, 11) is 3.32. The van der Waals surface area contributed by atoms with Gasteiger partial charge in [0, 0.05) is 19.1 Å². The second-order valence-electron chi connectivity index (χ2n) is 5.08. The molecule has 21 heavy (non-hydrogen) atoms. The van der Waals surface area contributed by atoms with E-state index in [-0.39, 0.29) is 18.0 Å². The zero-order valence-corrected chi connectivity index (χ0v) is 12.1.